The quantitative estimate of drug-likeness (QED) is 0.560. The molecule has 1 rings (SSSR count). The molecule has 0 aromatic rings. The Morgan fingerprint density at radius 1 is 1.70 bits per heavy atom. The zero-order chi connectivity index (χ0) is 7.56. The van der Waals surface area contributed by atoms with Crippen molar-refractivity contribution in [2.45, 2.75) is 25.8 Å². The first kappa shape index (κ1) is 7.54. The van der Waals surface area contributed by atoms with Crippen LogP contribution in [0, 0.1) is 5.92 Å². The first-order valence-corrected chi connectivity index (χ1v) is 3.68. The van der Waals surface area contributed by atoms with E-state index >= 15 is 0 Å². The molecule has 0 amide bonds. The van der Waals surface area contributed by atoms with E-state index < -0.39 is 5.97 Å². The Kier molecular flexibility index (Phi) is 2.27. The predicted molar refractivity (Wildman–Crippen MR) is 37.8 cm³/mol. The van der Waals surface area contributed by atoms with E-state index in [1.54, 1.807) is 0 Å². The molecule has 0 radical (unpaired) electrons. The molecule has 0 aromatic heterocycles. The number of carboxylic acids is 1. The molecule has 3 nitrogen and oxygen atoms in total. The van der Waals surface area contributed by atoms with Crippen LogP contribution in [0.15, 0.2) is 0 Å². The van der Waals surface area contributed by atoms with E-state index in [9.17, 15) is 4.79 Å². The fraction of sp³-hybridized carbons (Fsp3) is 0.857. The minimum absolute atomic E-state index is 0.284. The molecule has 58 valence electrons. The second-order valence-electron chi connectivity index (χ2n) is 2.89. The molecule has 10 heavy (non-hydrogen) atoms. The van der Waals surface area contributed by atoms with Gasteiger partial charge in [-0.3, -0.25) is 4.79 Å². The summed E-state index contributed by atoms with van der Waals surface area (Å²) in [6, 6.07) is -0.311. The van der Waals surface area contributed by atoms with Crippen LogP contribution in [0.5, 0.6) is 0 Å². The van der Waals surface area contributed by atoms with Crippen LogP contribution in [0.3, 0.4) is 0 Å². The summed E-state index contributed by atoms with van der Waals surface area (Å²) in [6.07, 6.45) is 2.13. The third kappa shape index (κ3) is 1.48. The molecule has 2 N–H and O–H groups in total. The van der Waals surface area contributed by atoms with E-state index in [1.165, 1.54) is 0 Å². The summed E-state index contributed by atoms with van der Waals surface area (Å²) < 4.78 is 0. The van der Waals surface area contributed by atoms with Gasteiger partial charge >= 0.3 is 5.97 Å². The Morgan fingerprint density at radius 3 is 2.80 bits per heavy atom. The minimum atomic E-state index is -0.716. The lowest BCUT2D eigenvalue weighted by atomic mass is 9.93. The van der Waals surface area contributed by atoms with Gasteiger partial charge in [-0.1, -0.05) is 6.92 Å². The van der Waals surface area contributed by atoms with Crippen LogP contribution in [-0.2, 0) is 4.79 Å². The Labute approximate surface area is 60.4 Å². The van der Waals surface area contributed by atoms with Gasteiger partial charge in [0.05, 0.1) is 0 Å². The van der Waals surface area contributed by atoms with Gasteiger partial charge in [-0.15, -0.1) is 0 Å². The molecule has 0 spiro atoms. The lowest BCUT2D eigenvalue weighted by Crippen LogP contribution is -2.45. The van der Waals surface area contributed by atoms with Crippen LogP contribution in [0.25, 0.3) is 0 Å². The maximum Gasteiger partial charge on any atom is 0.320 e. The molecule has 0 aromatic carbocycles. The van der Waals surface area contributed by atoms with E-state index in [-0.39, 0.29) is 12.0 Å². The van der Waals surface area contributed by atoms with E-state index in [1.807, 2.05) is 6.92 Å². The highest BCUT2D eigenvalue weighted by Gasteiger charge is 2.26. The van der Waals surface area contributed by atoms with Gasteiger partial charge < -0.3 is 10.4 Å². The van der Waals surface area contributed by atoms with E-state index in [0.29, 0.717) is 0 Å². The molecule has 1 saturated heterocycles. The van der Waals surface area contributed by atoms with Crippen molar-refractivity contribution < 1.29 is 9.90 Å². The van der Waals surface area contributed by atoms with Gasteiger partial charge in [0.25, 0.3) is 0 Å². The van der Waals surface area contributed by atoms with Gasteiger partial charge in [0.1, 0.15) is 6.04 Å². The van der Waals surface area contributed by atoms with Crippen LogP contribution >= 0.6 is 0 Å². The predicted octanol–water partition coefficient (Wildman–Crippen LogP) is 0.459. The van der Waals surface area contributed by atoms with E-state index in [0.717, 1.165) is 19.4 Å². The summed E-state index contributed by atoms with van der Waals surface area (Å²) in [5.74, 6) is -0.432. The smallest absolute Gasteiger partial charge is 0.320 e. The average Bonchev–Trinajstić information content (AvgIpc) is 1.88. The van der Waals surface area contributed by atoms with Crippen molar-refractivity contribution in [3.05, 3.63) is 0 Å². The van der Waals surface area contributed by atoms with Crippen molar-refractivity contribution >= 4 is 5.97 Å². The number of hydrogen-bond donors (Lipinski definition) is 2. The third-order valence-electron chi connectivity index (χ3n) is 2.04. The first-order valence-electron chi connectivity index (χ1n) is 3.68. The summed E-state index contributed by atoms with van der Waals surface area (Å²) in [6.45, 7) is 2.83. The normalized spacial score (nSPS) is 33.7. The molecular formula is C7H13NO2. The second kappa shape index (κ2) is 3.01. The SMILES string of the molecule is CC1CCCNC1C(=O)O. The highest BCUT2D eigenvalue weighted by molar-refractivity contribution is 5.73. The highest BCUT2D eigenvalue weighted by atomic mass is 16.4. The Hall–Kier alpha value is -0.570. The fourth-order valence-electron chi connectivity index (χ4n) is 1.38. The van der Waals surface area contributed by atoms with Gasteiger partial charge in [0.15, 0.2) is 0 Å². The monoisotopic (exact) mass is 143 g/mol. The minimum Gasteiger partial charge on any atom is -0.480 e. The van der Waals surface area contributed by atoms with E-state index in [2.05, 4.69) is 5.32 Å². The number of carbonyl (C=O) groups is 1. The third-order valence-corrected chi connectivity index (χ3v) is 2.04. The van der Waals surface area contributed by atoms with Crippen molar-refractivity contribution in [3.8, 4) is 0 Å². The van der Waals surface area contributed by atoms with Crippen LogP contribution in [0.2, 0.25) is 0 Å². The Bertz CT molecular complexity index is 136. The summed E-state index contributed by atoms with van der Waals surface area (Å²) in [7, 11) is 0. The maximum atomic E-state index is 10.5. The van der Waals surface area contributed by atoms with Crippen molar-refractivity contribution in [1.82, 2.24) is 5.32 Å². The van der Waals surface area contributed by atoms with Crippen LogP contribution in [0.1, 0.15) is 19.8 Å². The molecule has 1 aliphatic rings. The van der Waals surface area contributed by atoms with Gasteiger partial charge in [0, 0.05) is 0 Å². The van der Waals surface area contributed by atoms with Crippen molar-refractivity contribution in [2.75, 3.05) is 6.54 Å². The molecular weight excluding hydrogens is 130 g/mol. The molecule has 0 aliphatic carbocycles. The van der Waals surface area contributed by atoms with E-state index in [4.69, 9.17) is 5.11 Å². The Morgan fingerprint density at radius 2 is 2.40 bits per heavy atom. The number of nitrogens with one attached hydrogen (secondary N) is 1. The van der Waals surface area contributed by atoms with Crippen molar-refractivity contribution in [1.29, 1.82) is 0 Å². The van der Waals surface area contributed by atoms with Gasteiger partial charge in [-0.2, -0.15) is 0 Å². The number of aliphatic carboxylic acids is 1. The number of piperidine rings is 1. The molecule has 0 saturated carbocycles. The lowest BCUT2D eigenvalue weighted by Gasteiger charge is -2.26. The molecule has 0 bridgehead atoms. The number of rotatable bonds is 1. The van der Waals surface area contributed by atoms with Crippen LogP contribution in [0.4, 0.5) is 0 Å². The maximum absolute atomic E-state index is 10.5. The fourth-order valence-corrected chi connectivity index (χ4v) is 1.38. The largest absolute Gasteiger partial charge is 0.480 e. The highest BCUT2D eigenvalue weighted by Crippen LogP contribution is 2.14. The summed E-state index contributed by atoms with van der Waals surface area (Å²) in [5, 5.41) is 11.6. The number of carboxylic acid groups (broad SMARTS) is 1. The van der Waals surface area contributed by atoms with Gasteiger partial charge in [0.2, 0.25) is 0 Å². The summed E-state index contributed by atoms with van der Waals surface area (Å²) >= 11 is 0. The molecule has 3 heteroatoms. The zero-order valence-electron chi connectivity index (χ0n) is 6.13. The standard InChI is InChI=1S/C7H13NO2/c1-5-3-2-4-8-6(5)7(9)10/h5-6,8H,2-4H2,1H3,(H,9,10). The van der Waals surface area contributed by atoms with Gasteiger partial charge in [-0.25, -0.2) is 0 Å². The topological polar surface area (TPSA) is 49.3 Å². The average molecular weight is 143 g/mol. The number of hydrogen-bond acceptors (Lipinski definition) is 2. The van der Waals surface area contributed by atoms with Crippen molar-refractivity contribution in [2.24, 2.45) is 5.92 Å². The molecule has 2 atom stereocenters. The van der Waals surface area contributed by atoms with Crippen molar-refractivity contribution in [3.63, 3.8) is 0 Å². The molecule has 1 aliphatic heterocycles. The second-order valence-corrected chi connectivity index (χ2v) is 2.89. The van der Waals surface area contributed by atoms with Crippen LogP contribution in [-0.4, -0.2) is 23.7 Å². The molecule has 2 unspecified atom stereocenters. The summed E-state index contributed by atoms with van der Waals surface area (Å²) in [5.41, 5.74) is 0. The first-order chi connectivity index (χ1) is 4.72. The zero-order valence-corrected chi connectivity index (χ0v) is 6.13. The summed E-state index contributed by atoms with van der Waals surface area (Å²) in [4.78, 5) is 10.5. The van der Waals surface area contributed by atoms with Gasteiger partial charge in [-0.05, 0) is 25.3 Å². The lowest BCUT2D eigenvalue weighted by molar-refractivity contribution is -0.141. The Balaban J connectivity index is 2.47. The molecule has 1 fully saturated rings. The molecule has 1 heterocycles. The van der Waals surface area contributed by atoms with Crippen LogP contribution < -0.4 is 5.32 Å².